The quantitative estimate of drug-likeness (QED) is 0.605. The number of benzene rings is 1. The number of carboxylic acid groups (broad SMARTS) is 1. The average molecular weight is 434 g/mol. The molecule has 1 fully saturated rings. The standard InChI is InChI=1S/C24H31NO4.ClH/c1-18(2)24(13-5-4-8-21(24)23(27)28)22(26)19-9-11-20(12-10-19)29-17-16-25-14-6-3-7-15-25;/h4-5,8-13,18,21H,3,6-7,14-17H2,1-2H3,(H,27,28);1H. The molecule has 30 heavy (non-hydrogen) atoms. The maximum Gasteiger partial charge on any atom is 0.311 e. The van der Waals surface area contributed by atoms with Gasteiger partial charge in [-0.3, -0.25) is 14.5 Å². The van der Waals surface area contributed by atoms with Crippen LogP contribution in [0.15, 0.2) is 48.6 Å². The number of halogens is 1. The summed E-state index contributed by atoms with van der Waals surface area (Å²) in [7, 11) is 0. The molecule has 2 atom stereocenters. The number of allylic oxidation sites excluding steroid dienone is 3. The molecule has 1 aliphatic carbocycles. The van der Waals surface area contributed by atoms with Crippen molar-refractivity contribution in [2.24, 2.45) is 17.3 Å². The maximum atomic E-state index is 13.4. The number of piperidine rings is 1. The van der Waals surface area contributed by atoms with Crippen LogP contribution in [-0.4, -0.2) is 48.0 Å². The van der Waals surface area contributed by atoms with Crippen LogP contribution in [0, 0.1) is 17.3 Å². The molecule has 6 heteroatoms. The number of carboxylic acids is 1. The first-order chi connectivity index (χ1) is 13.9. The van der Waals surface area contributed by atoms with Gasteiger partial charge in [-0.2, -0.15) is 0 Å². The van der Waals surface area contributed by atoms with Gasteiger partial charge in [0.15, 0.2) is 5.78 Å². The first-order valence-electron chi connectivity index (χ1n) is 10.5. The lowest BCUT2D eigenvalue weighted by Gasteiger charge is -2.38. The van der Waals surface area contributed by atoms with Gasteiger partial charge in [0.05, 0.1) is 11.3 Å². The lowest BCUT2D eigenvalue weighted by atomic mass is 9.62. The zero-order valence-corrected chi connectivity index (χ0v) is 18.6. The molecule has 2 unspecified atom stereocenters. The number of rotatable bonds is 8. The van der Waals surface area contributed by atoms with Gasteiger partial charge < -0.3 is 9.84 Å². The van der Waals surface area contributed by atoms with E-state index in [0.29, 0.717) is 12.2 Å². The summed E-state index contributed by atoms with van der Waals surface area (Å²) in [6.45, 7) is 7.61. The predicted octanol–water partition coefficient (Wildman–Crippen LogP) is 4.63. The van der Waals surface area contributed by atoms with Crippen LogP contribution in [0.4, 0.5) is 0 Å². The minimum absolute atomic E-state index is 0. The number of nitrogens with zero attached hydrogens (tertiary/aromatic N) is 1. The zero-order chi connectivity index (χ0) is 20.9. The molecule has 0 radical (unpaired) electrons. The van der Waals surface area contributed by atoms with Crippen molar-refractivity contribution in [1.29, 1.82) is 0 Å². The van der Waals surface area contributed by atoms with E-state index in [-0.39, 0.29) is 24.1 Å². The van der Waals surface area contributed by atoms with Crippen LogP contribution < -0.4 is 4.74 Å². The zero-order valence-electron chi connectivity index (χ0n) is 17.8. The van der Waals surface area contributed by atoms with Crippen molar-refractivity contribution in [2.45, 2.75) is 33.1 Å². The number of carbonyl (C=O) groups is 2. The van der Waals surface area contributed by atoms with E-state index in [9.17, 15) is 14.7 Å². The van der Waals surface area contributed by atoms with Gasteiger partial charge in [-0.05, 0) is 56.1 Å². The van der Waals surface area contributed by atoms with Crippen LogP contribution in [0.5, 0.6) is 5.75 Å². The Hall–Kier alpha value is -2.11. The molecule has 0 amide bonds. The highest BCUT2D eigenvalue weighted by atomic mass is 35.5. The minimum atomic E-state index is -1.09. The smallest absolute Gasteiger partial charge is 0.311 e. The second-order valence-electron chi connectivity index (χ2n) is 8.25. The van der Waals surface area contributed by atoms with Crippen molar-refractivity contribution in [3.8, 4) is 5.75 Å². The van der Waals surface area contributed by atoms with Gasteiger partial charge >= 0.3 is 5.97 Å². The third kappa shape index (κ3) is 5.13. The average Bonchev–Trinajstić information content (AvgIpc) is 2.74. The number of aliphatic carboxylic acids is 1. The van der Waals surface area contributed by atoms with E-state index in [0.717, 1.165) is 25.4 Å². The normalized spacial score (nSPS) is 23.8. The first-order valence-corrected chi connectivity index (χ1v) is 10.5. The van der Waals surface area contributed by atoms with E-state index in [2.05, 4.69) is 4.90 Å². The molecular formula is C24H32ClNO4. The van der Waals surface area contributed by atoms with Crippen molar-refractivity contribution < 1.29 is 19.4 Å². The Morgan fingerprint density at radius 3 is 2.40 bits per heavy atom. The Balaban J connectivity index is 0.00000320. The number of ether oxygens (including phenoxy) is 1. The minimum Gasteiger partial charge on any atom is -0.492 e. The van der Waals surface area contributed by atoms with E-state index in [1.165, 1.54) is 19.3 Å². The molecule has 0 saturated carbocycles. The Kier molecular flexibility index (Phi) is 8.68. The maximum absolute atomic E-state index is 13.4. The van der Waals surface area contributed by atoms with Crippen LogP contribution in [0.1, 0.15) is 43.5 Å². The van der Waals surface area contributed by atoms with Gasteiger partial charge in [-0.15, -0.1) is 12.4 Å². The van der Waals surface area contributed by atoms with E-state index in [1.54, 1.807) is 48.6 Å². The largest absolute Gasteiger partial charge is 0.492 e. The van der Waals surface area contributed by atoms with Gasteiger partial charge in [0.1, 0.15) is 12.4 Å². The highest BCUT2D eigenvalue weighted by molar-refractivity contribution is 6.05. The Bertz CT molecular complexity index is 781. The van der Waals surface area contributed by atoms with Crippen molar-refractivity contribution in [1.82, 2.24) is 4.90 Å². The molecule has 1 aliphatic heterocycles. The summed E-state index contributed by atoms with van der Waals surface area (Å²) in [4.78, 5) is 27.7. The molecular weight excluding hydrogens is 402 g/mol. The second kappa shape index (κ2) is 10.8. The van der Waals surface area contributed by atoms with Crippen molar-refractivity contribution >= 4 is 24.2 Å². The molecule has 0 bridgehead atoms. The number of ketones is 1. The van der Waals surface area contributed by atoms with Gasteiger partial charge in [0, 0.05) is 12.1 Å². The SMILES string of the molecule is CC(C)C1(C(=O)c2ccc(OCCN3CCCCC3)cc2)C=CC=CC1C(=O)O.Cl. The molecule has 1 N–H and O–H groups in total. The molecule has 0 aromatic heterocycles. The van der Waals surface area contributed by atoms with E-state index < -0.39 is 17.3 Å². The number of carbonyl (C=O) groups excluding carboxylic acids is 1. The lowest BCUT2D eigenvalue weighted by Crippen LogP contribution is -2.45. The van der Waals surface area contributed by atoms with Crippen LogP contribution in [0.2, 0.25) is 0 Å². The summed E-state index contributed by atoms with van der Waals surface area (Å²) in [5.74, 6) is -1.45. The molecule has 1 saturated heterocycles. The number of likely N-dealkylation sites (tertiary alicyclic amines) is 1. The van der Waals surface area contributed by atoms with Gasteiger partial charge in [0.25, 0.3) is 0 Å². The molecule has 1 aromatic rings. The third-order valence-electron chi connectivity index (χ3n) is 6.16. The molecule has 2 aliphatic rings. The fourth-order valence-corrected chi connectivity index (χ4v) is 4.40. The van der Waals surface area contributed by atoms with Crippen molar-refractivity contribution in [3.05, 3.63) is 54.1 Å². The third-order valence-corrected chi connectivity index (χ3v) is 6.16. The van der Waals surface area contributed by atoms with Crippen LogP contribution >= 0.6 is 12.4 Å². The number of hydrogen-bond acceptors (Lipinski definition) is 4. The highest BCUT2D eigenvalue weighted by Gasteiger charge is 2.49. The molecule has 1 heterocycles. The lowest BCUT2D eigenvalue weighted by molar-refractivity contribution is -0.143. The summed E-state index contributed by atoms with van der Waals surface area (Å²) in [5, 5.41) is 9.71. The number of Topliss-reactive ketones (excluding diaryl/α,β-unsaturated/α-hetero) is 1. The summed E-state index contributed by atoms with van der Waals surface area (Å²) in [5.41, 5.74) is -0.578. The predicted molar refractivity (Wildman–Crippen MR) is 120 cm³/mol. The topological polar surface area (TPSA) is 66.8 Å². The monoisotopic (exact) mass is 433 g/mol. The van der Waals surface area contributed by atoms with Crippen LogP contribution in [-0.2, 0) is 4.79 Å². The van der Waals surface area contributed by atoms with Gasteiger partial charge in [0.2, 0.25) is 0 Å². The molecule has 0 spiro atoms. The van der Waals surface area contributed by atoms with E-state index in [4.69, 9.17) is 4.74 Å². The van der Waals surface area contributed by atoms with Crippen molar-refractivity contribution in [3.63, 3.8) is 0 Å². The van der Waals surface area contributed by atoms with Crippen molar-refractivity contribution in [2.75, 3.05) is 26.2 Å². The van der Waals surface area contributed by atoms with Crippen LogP contribution in [0.3, 0.4) is 0 Å². The first kappa shape index (κ1) is 24.2. The Labute approximate surface area is 185 Å². The molecule has 5 nitrogen and oxygen atoms in total. The van der Waals surface area contributed by atoms with E-state index in [1.807, 2.05) is 13.8 Å². The fraction of sp³-hybridized carbons (Fsp3) is 0.500. The Morgan fingerprint density at radius 2 is 1.80 bits per heavy atom. The van der Waals surface area contributed by atoms with Crippen LogP contribution in [0.25, 0.3) is 0 Å². The summed E-state index contributed by atoms with van der Waals surface area (Å²) in [6.07, 6.45) is 10.7. The Morgan fingerprint density at radius 1 is 1.13 bits per heavy atom. The summed E-state index contributed by atoms with van der Waals surface area (Å²) < 4.78 is 5.85. The summed E-state index contributed by atoms with van der Waals surface area (Å²) in [6, 6.07) is 7.09. The highest BCUT2D eigenvalue weighted by Crippen LogP contribution is 2.43. The fourth-order valence-electron chi connectivity index (χ4n) is 4.40. The number of hydrogen-bond donors (Lipinski definition) is 1. The molecule has 164 valence electrons. The summed E-state index contributed by atoms with van der Waals surface area (Å²) >= 11 is 0. The molecule has 1 aromatic carbocycles. The molecule has 3 rings (SSSR count). The van der Waals surface area contributed by atoms with Gasteiger partial charge in [-0.1, -0.05) is 44.6 Å². The van der Waals surface area contributed by atoms with E-state index >= 15 is 0 Å². The van der Waals surface area contributed by atoms with Gasteiger partial charge in [-0.25, -0.2) is 0 Å². The second-order valence-corrected chi connectivity index (χ2v) is 8.25.